The van der Waals surface area contributed by atoms with Gasteiger partial charge in [0.25, 0.3) is 11.5 Å². The molecular weight excluding hydrogens is 232 g/mol. The third-order valence-corrected chi connectivity index (χ3v) is 3.30. The highest BCUT2D eigenvalue weighted by atomic mass is 16.2. The zero-order valence-electron chi connectivity index (χ0n) is 10.2. The molecule has 1 heterocycles. The predicted octanol–water partition coefficient (Wildman–Crippen LogP) is 0.160. The molecule has 0 aromatic carbocycles. The molecule has 0 aliphatic heterocycles. The number of hydrogen-bond donors (Lipinski definition) is 3. The average Bonchev–Trinajstić information content (AvgIpc) is 2.56. The second-order valence-corrected chi connectivity index (χ2v) is 4.69. The molecule has 0 bridgehead atoms. The molecule has 1 aromatic rings. The van der Waals surface area contributed by atoms with Gasteiger partial charge < -0.3 is 11.1 Å². The van der Waals surface area contributed by atoms with Crippen molar-refractivity contribution >= 4 is 5.91 Å². The largest absolute Gasteiger partial charge is 0.346 e. The molecule has 0 radical (unpaired) electrons. The molecule has 1 aliphatic carbocycles. The first kappa shape index (κ1) is 12.8. The Labute approximate surface area is 105 Å². The summed E-state index contributed by atoms with van der Waals surface area (Å²) < 4.78 is 0. The number of carbonyl (C=O) groups is 1. The van der Waals surface area contributed by atoms with Crippen LogP contribution in [-0.2, 0) is 0 Å². The number of nitrogens with two attached hydrogens (primary N) is 1. The van der Waals surface area contributed by atoms with Gasteiger partial charge in [0.05, 0.1) is 0 Å². The monoisotopic (exact) mass is 250 g/mol. The van der Waals surface area contributed by atoms with Crippen molar-refractivity contribution in [1.29, 1.82) is 0 Å². The highest BCUT2D eigenvalue weighted by molar-refractivity contribution is 5.92. The van der Waals surface area contributed by atoms with E-state index < -0.39 is 0 Å². The van der Waals surface area contributed by atoms with Crippen molar-refractivity contribution in [2.24, 2.45) is 5.73 Å². The van der Waals surface area contributed by atoms with E-state index >= 15 is 0 Å². The molecule has 6 nitrogen and oxygen atoms in total. The summed E-state index contributed by atoms with van der Waals surface area (Å²) in [6.07, 6.45) is 5.19. The summed E-state index contributed by atoms with van der Waals surface area (Å²) in [6, 6.07) is 2.69. The predicted molar refractivity (Wildman–Crippen MR) is 67.2 cm³/mol. The van der Waals surface area contributed by atoms with E-state index in [0.29, 0.717) is 0 Å². The Morgan fingerprint density at radius 2 is 2.11 bits per heavy atom. The minimum atomic E-state index is -0.322. The third-order valence-electron chi connectivity index (χ3n) is 3.30. The number of nitrogens with one attached hydrogen (secondary N) is 2. The summed E-state index contributed by atoms with van der Waals surface area (Å²) in [5.41, 5.74) is 5.93. The Bertz CT molecular complexity index is 451. The van der Waals surface area contributed by atoms with Crippen LogP contribution < -0.4 is 16.6 Å². The van der Waals surface area contributed by atoms with E-state index in [-0.39, 0.29) is 29.2 Å². The molecule has 1 amide bonds. The van der Waals surface area contributed by atoms with Gasteiger partial charge in [-0.05, 0) is 18.9 Å². The summed E-state index contributed by atoms with van der Waals surface area (Å²) in [4.78, 5) is 22.8. The molecule has 18 heavy (non-hydrogen) atoms. The molecular formula is C12H18N4O2. The van der Waals surface area contributed by atoms with E-state index in [4.69, 9.17) is 5.73 Å². The van der Waals surface area contributed by atoms with E-state index in [0.717, 1.165) is 32.1 Å². The van der Waals surface area contributed by atoms with Gasteiger partial charge in [-0.3, -0.25) is 9.59 Å². The molecule has 2 atom stereocenters. The molecule has 2 unspecified atom stereocenters. The maximum absolute atomic E-state index is 11.9. The number of rotatable bonds is 2. The fourth-order valence-electron chi connectivity index (χ4n) is 2.23. The van der Waals surface area contributed by atoms with E-state index in [1.165, 1.54) is 12.1 Å². The van der Waals surface area contributed by atoms with Crippen LogP contribution in [0.15, 0.2) is 16.9 Å². The minimum absolute atomic E-state index is 0.000730. The average molecular weight is 250 g/mol. The summed E-state index contributed by atoms with van der Waals surface area (Å²) in [6.45, 7) is 0. The number of aromatic amines is 1. The second-order valence-electron chi connectivity index (χ2n) is 4.69. The van der Waals surface area contributed by atoms with Crippen molar-refractivity contribution in [2.45, 2.75) is 44.2 Å². The molecule has 1 saturated carbocycles. The zero-order valence-corrected chi connectivity index (χ0v) is 10.2. The van der Waals surface area contributed by atoms with Gasteiger partial charge in [0.1, 0.15) is 5.69 Å². The van der Waals surface area contributed by atoms with E-state index in [9.17, 15) is 9.59 Å². The van der Waals surface area contributed by atoms with Crippen LogP contribution in [0, 0.1) is 0 Å². The number of hydrogen-bond acceptors (Lipinski definition) is 4. The number of nitrogens with zero attached hydrogens (tertiary/aromatic N) is 1. The summed E-state index contributed by atoms with van der Waals surface area (Å²) in [5, 5.41) is 8.84. The molecule has 2 rings (SSSR count). The first-order valence-corrected chi connectivity index (χ1v) is 6.29. The third kappa shape index (κ3) is 3.16. The van der Waals surface area contributed by atoms with Crippen LogP contribution in [0.1, 0.15) is 42.6 Å². The van der Waals surface area contributed by atoms with Crippen molar-refractivity contribution < 1.29 is 4.79 Å². The molecule has 1 aromatic heterocycles. The van der Waals surface area contributed by atoms with Gasteiger partial charge in [0.2, 0.25) is 0 Å². The van der Waals surface area contributed by atoms with Gasteiger partial charge in [-0.25, -0.2) is 5.10 Å². The SMILES string of the molecule is NC1CCCCCC1NC(=O)c1ccc(=O)[nH]n1. The number of amides is 1. The van der Waals surface area contributed by atoms with Crippen molar-refractivity contribution in [2.75, 3.05) is 0 Å². The normalized spacial score (nSPS) is 24.3. The van der Waals surface area contributed by atoms with Crippen LogP contribution in [0.4, 0.5) is 0 Å². The first-order chi connectivity index (χ1) is 8.66. The van der Waals surface area contributed by atoms with E-state index in [1.807, 2.05) is 0 Å². The van der Waals surface area contributed by atoms with Crippen molar-refractivity contribution in [3.63, 3.8) is 0 Å². The molecule has 0 saturated heterocycles. The van der Waals surface area contributed by atoms with Crippen LogP contribution >= 0.6 is 0 Å². The second kappa shape index (κ2) is 5.77. The fraction of sp³-hybridized carbons (Fsp3) is 0.583. The van der Waals surface area contributed by atoms with Crippen LogP contribution in [0.2, 0.25) is 0 Å². The molecule has 0 spiro atoms. The highest BCUT2D eigenvalue weighted by Crippen LogP contribution is 2.16. The molecule has 1 aliphatic rings. The van der Waals surface area contributed by atoms with Crippen LogP contribution in [0.5, 0.6) is 0 Å². The smallest absolute Gasteiger partial charge is 0.271 e. The van der Waals surface area contributed by atoms with Gasteiger partial charge in [-0.2, -0.15) is 5.10 Å². The lowest BCUT2D eigenvalue weighted by atomic mass is 10.0. The fourth-order valence-corrected chi connectivity index (χ4v) is 2.23. The Morgan fingerprint density at radius 3 is 2.83 bits per heavy atom. The Balaban J connectivity index is 2.01. The number of H-pyrrole nitrogens is 1. The van der Waals surface area contributed by atoms with Crippen molar-refractivity contribution in [3.05, 3.63) is 28.2 Å². The zero-order chi connectivity index (χ0) is 13.0. The maximum Gasteiger partial charge on any atom is 0.271 e. The minimum Gasteiger partial charge on any atom is -0.346 e. The quantitative estimate of drug-likeness (QED) is 0.651. The van der Waals surface area contributed by atoms with Gasteiger partial charge in [0.15, 0.2) is 0 Å². The lowest BCUT2D eigenvalue weighted by Gasteiger charge is -2.22. The van der Waals surface area contributed by atoms with E-state index in [1.54, 1.807) is 0 Å². The van der Waals surface area contributed by atoms with Gasteiger partial charge in [-0.15, -0.1) is 0 Å². The summed E-state index contributed by atoms with van der Waals surface area (Å²) >= 11 is 0. The van der Waals surface area contributed by atoms with Gasteiger partial charge >= 0.3 is 0 Å². The van der Waals surface area contributed by atoms with Gasteiger partial charge in [-0.1, -0.05) is 19.3 Å². The van der Waals surface area contributed by atoms with Gasteiger partial charge in [0, 0.05) is 18.2 Å². The molecule has 4 N–H and O–H groups in total. The summed E-state index contributed by atoms with van der Waals surface area (Å²) in [7, 11) is 0. The van der Waals surface area contributed by atoms with Crippen LogP contribution in [0.3, 0.4) is 0 Å². The lowest BCUT2D eigenvalue weighted by Crippen LogP contribution is -2.47. The van der Waals surface area contributed by atoms with Crippen LogP contribution in [-0.4, -0.2) is 28.2 Å². The highest BCUT2D eigenvalue weighted by Gasteiger charge is 2.22. The van der Waals surface area contributed by atoms with E-state index in [2.05, 4.69) is 15.5 Å². The standard InChI is InChI=1S/C12H18N4O2/c13-8-4-2-1-3-5-9(8)14-12(18)10-6-7-11(17)16-15-10/h6-9H,1-5,13H2,(H,14,18)(H,16,17). The number of carbonyl (C=O) groups excluding carboxylic acids is 1. The number of aromatic nitrogens is 2. The Kier molecular flexibility index (Phi) is 4.09. The Hall–Kier alpha value is -1.69. The maximum atomic E-state index is 11.9. The Morgan fingerprint density at radius 1 is 1.33 bits per heavy atom. The topological polar surface area (TPSA) is 101 Å². The van der Waals surface area contributed by atoms with Crippen molar-refractivity contribution in [3.8, 4) is 0 Å². The summed E-state index contributed by atoms with van der Waals surface area (Å²) in [5.74, 6) is -0.284. The molecule has 98 valence electrons. The van der Waals surface area contributed by atoms with Crippen molar-refractivity contribution in [1.82, 2.24) is 15.5 Å². The van der Waals surface area contributed by atoms with Crippen LogP contribution in [0.25, 0.3) is 0 Å². The first-order valence-electron chi connectivity index (χ1n) is 6.29. The molecule has 6 heteroatoms. The lowest BCUT2D eigenvalue weighted by molar-refractivity contribution is 0.0922. The molecule has 1 fully saturated rings.